The van der Waals surface area contributed by atoms with Gasteiger partial charge in [-0.2, -0.15) is 0 Å². The van der Waals surface area contributed by atoms with Crippen LogP contribution in [-0.2, 0) is 4.79 Å². The molecule has 1 atom stereocenters. The number of hydrogen-bond donors (Lipinski definition) is 3. The first-order chi connectivity index (χ1) is 8.85. The van der Waals surface area contributed by atoms with Crippen LogP contribution in [0.1, 0.15) is 26.8 Å². The van der Waals surface area contributed by atoms with E-state index in [9.17, 15) is 9.90 Å². The summed E-state index contributed by atoms with van der Waals surface area (Å²) in [5, 5.41) is 29.4. The van der Waals surface area contributed by atoms with Crippen LogP contribution in [0.5, 0.6) is 0 Å². The van der Waals surface area contributed by atoms with Crippen LogP contribution in [0, 0.1) is 0 Å². The molecule has 0 bridgehead atoms. The normalized spacial score (nSPS) is 14.4. The fourth-order valence-corrected chi connectivity index (χ4v) is 2.09. The maximum atomic E-state index is 11.6. The van der Waals surface area contributed by atoms with Crippen molar-refractivity contribution < 1.29 is 15.0 Å². The van der Waals surface area contributed by atoms with Gasteiger partial charge < -0.3 is 20.1 Å². The van der Waals surface area contributed by atoms with Crippen LogP contribution in [-0.4, -0.2) is 55.4 Å². The topological polar surface area (TPSA) is 100 Å². The van der Waals surface area contributed by atoms with Crippen molar-refractivity contribution in [3.05, 3.63) is 6.33 Å². The number of aromatic nitrogens is 3. The number of aliphatic hydroxyl groups is 2. The maximum absolute atomic E-state index is 11.6. The van der Waals surface area contributed by atoms with E-state index in [1.807, 2.05) is 18.4 Å². The number of nitrogens with one attached hydrogen (secondary N) is 1. The van der Waals surface area contributed by atoms with Gasteiger partial charge in [0, 0.05) is 12.6 Å². The Morgan fingerprint density at radius 1 is 1.63 bits per heavy atom. The largest absolute Gasteiger partial charge is 0.393 e. The second-order valence-corrected chi connectivity index (χ2v) is 5.78. The molecule has 8 heteroatoms. The Labute approximate surface area is 116 Å². The van der Waals surface area contributed by atoms with E-state index in [0.29, 0.717) is 5.16 Å². The molecule has 0 fully saturated rings. The van der Waals surface area contributed by atoms with Crippen LogP contribution in [0.25, 0.3) is 0 Å². The monoisotopic (exact) mass is 288 g/mol. The van der Waals surface area contributed by atoms with Gasteiger partial charge in [0.15, 0.2) is 5.16 Å². The van der Waals surface area contributed by atoms with Gasteiger partial charge in [-0.1, -0.05) is 11.8 Å². The zero-order valence-electron chi connectivity index (χ0n) is 11.3. The molecule has 1 aromatic rings. The third-order valence-corrected chi connectivity index (χ3v) is 3.39. The predicted octanol–water partition coefficient (Wildman–Crippen LogP) is -0.189. The summed E-state index contributed by atoms with van der Waals surface area (Å²) in [4.78, 5) is 11.6. The number of amides is 1. The lowest BCUT2D eigenvalue weighted by Crippen LogP contribution is -2.43. The summed E-state index contributed by atoms with van der Waals surface area (Å²) >= 11 is 1.28. The summed E-state index contributed by atoms with van der Waals surface area (Å²) in [7, 11) is 0. The quantitative estimate of drug-likeness (QED) is 0.601. The van der Waals surface area contributed by atoms with Crippen molar-refractivity contribution in [2.24, 2.45) is 0 Å². The van der Waals surface area contributed by atoms with Gasteiger partial charge in [-0.25, -0.2) is 0 Å². The lowest BCUT2D eigenvalue weighted by molar-refractivity contribution is -0.120. The Kier molecular flexibility index (Phi) is 5.77. The first kappa shape index (κ1) is 15.9. The summed E-state index contributed by atoms with van der Waals surface area (Å²) in [6.07, 6.45) is 1.63. The van der Waals surface area contributed by atoms with Crippen molar-refractivity contribution in [3.8, 4) is 0 Å². The van der Waals surface area contributed by atoms with E-state index in [2.05, 4.69) is 15.5 Å². The molecule has 0 saturated heterocycles. The van der Waals surface area contributed by atoms with Crippen LogP contribution >= 0.6 is 11.8 Å². The highest BCUT2D eigenvalue weighted by molar-refractivity contribution is 7.99. The molecule has 108 valence electrons. The molecule has 1 amide bonds. The number of rotatable bonds is 7. The van der Waals surface area contributed by atoms with Crippen LogP contribution < -0.4 is 5.32 Å². The molecule has 3 N–H and O–H groups in total. The Hall–Kier alpha value is -1.12. The molecule has 0 aliphatic rings. The van der Waals surface area contributed by atoms with Gasteiger partial charge in [0.1, 0.15) is 11.9 Å². The summed E-state index contributed by atoms with van der Waals surface area (Å²) in [5.41, 5.74) is -1.29. The van der Waals surface area contributed by atoms with E-state index in [-0.39, 0.29) is 24.2 Å². The van der Waals surface area contributed by atoms with Gasteiger partial charge in [-0.05, 0) is 20.8 Å². The molecule has 1 heterocycles. The third kappa shape index (κ3) is 5.17. The molecule has 0 aliphatic carbocycles. The highest BCUT2D eigenvalue weighted by Crippen LogP contribution is 2.18. The molecule has 0 aliphatic heterocycles. The Morgan fingerprint density at radius 2 is 2.32 bits per heavy atom. The van der Waals surface area contributed by atoms with Gasteiger partial charge in [-0.3, -0.25) is 4.79 Å². The van der Waals surface area contributed by atoms with Gasteiger partial charge in [0.25, 0.3) is 0 Å². The van der Waals surface area contributed by atoms with E-state index >= 15 is 0 Å². The van der Waals surface area contributed by atoms with E-state index in [1.54, 1.807) is 6.33 Å². The molecule has 1 aromatic heterocycles. The van der Waals surface area contributed by atoms with Crippen molar-refractivity contribution >= 4 is 17.7 Å². The molecule has 19 heavy (non-hydrogen) atoms. The second kappa shape index (κ2) is 6.88. The van der Waals surface area contributed by atoms with Crippen LogP contribution in [0.2, 0.25) is 0 Å². The average molecular weight is 288 g/mol. The zero-order chi connectivity index (χ0) is 14.5. The number of aliphatic hydroxyl groups excluding tert-OH is 1. The highest BCUT2D eigenvalue weighted by Gasteiger charge is 2.20. The summed E-state index contributed by atoms with van der Waals surface area (Å²) in [6, 6.07) is 0.232. The molecule has 1 unspecified atom stereocenters. The van der Waals surface area contributed by atoms with E-state index < -0.39 is 12.2 Å². The van der Waals surface area contributed by atoms with Crippen molar-refractivity contribution in [1.82, 2.24) is 20.1 Å². The van der Waals surface area contributed by atoms with E-state index in [1.165, 1.54) is 18.7 Å². The molecule has 7 nitrogen and oxygen atoms in total. The van der Waals surface area contributed by atoms with Gasteiger partial charge in [0.2, 0.25) is 5.91 Å². The van der Waals surface area contributed by atoms with Crippen molar-refractivity contribution in [2.45, 2.75) is 37.6 Å². The fourth-order valence-electron chi connectivity index (χ4n) is 1.22. The smallest absolute Gasteiger partial charge is 0.230 e. The lowest BCUT2D eigenvalue weighted by Gasteiger charge is -2.20. The number of nitrogens with zero attached hydrogens (tertiary/aromatic N) is 3. The van der Waals surface area contributed by atoms with Gasteiger partial charge in [0.05, 0.1) is 12.4 Å². The number of thioether (sulfide) groups is 1. The Bertz CT molecular complexity index is 420. The Balaban J connectivity index is 2.40. The van der Waals surface area contributed by atoms with Crippen molar-refractivity contribution in [1.29, 1.82) is 0 Å². The molecular formula is C11H20N4O3S. The number of carbonyl (C=O) groups is 1. The maximum Gasteiger partial charge on any atom is 0.230 e. The lowest BCUT2D eigenvalue weighted by atomic mass is 10.1. The first-order valence-corrected chi connectivity index (χ1v) is 6.96. The van der Waals surface area contributed by atoms with Crippen LogP contribution in [0.15, 0.2) is 11.5 Å². The van der Waals surface area contributed by atoms with Crippen LogP contribution in [0.3, 0.4) is 0 Å². The second-order valence-electron chi connectivity index (χ2n) is 4.83. The standard InChI is InChI=1S/C11H20N4O3S/c1-8(2)15-7-13-14-10(15)19-4-9(17)12-5-11(3,18)6-16/h7-8,16,18H,4-6H2,1-3H3,(H,12,17). The molecule has 1 rings (SSSR count). The zero-order valence-corrected chi connectivity index (χ0v) is 12.1. The molecule has 0 saturated carbocycles. The van der Waals surface area contributed by atoms with Crippen LogP contribution in [0.4, 0.5) is 0 Å². The van der Waals surface area contributed by atoms with Crippen molar-refractivity contribution in [3.63, 3.8) is 0 Å². The highest BCUT2D eigenvalue weighted by atomic mass is 32.2. The molecule has 0 aromatic carbocycles. The first-order valence-electron chi connectivity index (χ1n) is 5.98. The van der Waals surface area contributed by atoms with Crippen molar-refractivity contribution in [2.75, 3.05) is 18.9 Å². The summed E-state index contributed by atoms with van der Waals surface area (Å²) in [5.74, 6) is -0.0375. The molecule has 0 spiro atoms. The van der Waals surface area contributed by atoms with E-state index in [0.717, 1.165) is 0 Å². The summed E-state index contributed by atoms with van der Waals surface area (Å²) in [6.45, 7) is 5.08. The average Bonchev–Trinajstić information content (AvgIpc) is 2.82. The predicted molar refractivity (Wildman–Crippen MR) is 71.9 cm³/mol. The number of hydrogen-bond acceptors (Lipinski definition) is 6. The summed E-state index contributed by atoms with van der Waals surface area (Å²) < 4.78 is 1.88. The number of carbonyl (C=O) groups excluding carboxylic acids is 1. The SMILES string of the molecule is CC(C)n1cnnc1SCC(=O)NCC(C)(O)CO. The van der Waals surface area contributed by atoms with Gasteiger partial charge in [-0.15, -0.1) is 10.2 Å². The Morgan fingerprint density at radius 3 is 2.89 bits per heavy atom. The molecular weight excluding hydrogens is 268 g/mol. The minimum atomic E-state index is -1.29. The minimum absolute atomic E-state index is 0.0137. The minimum Gasteiger partial charge on any atom is -0.393 e. The van der Waals surface area contributed by atoms with E-state index in [4.69, 9.17) is 5.11 Å². The third-order valence-electron chi connectivity index (χ3n) is 2.44. The van der Waals surface area contributed by atoms with Gasteiger partial charge >= 0.3 is 0 Å². The fraction of sp³-hybridized carbons (Fsp3) is 0.727. The molecule has 0 radical (unpaired) electrons.